The maximum Gasteiger partial charge on any atom is 0.266 e. The van der Waals surface area contributed by atoms with E-state index in [9.17, 15) is 10.1 Å². The smallest absolute Gasteiger partial charge is 0.266 e. The van der Waals surface area contributed by atoms with Gasteiger partial charge in [-0.25, -0.2) is 0 Å². The van der Waals surface area contributed by atoms with Crippen LogP contribution in [0.3, 0.4) is 0 Å². The normalized spacial score (nSPS) is 10.9. The van der Waals surface area contributed by atoms with Crippen molar-refractivity contribution in [2.75, 3.05) is 11.9 Å². The van der Waals surface area contributed by atoms with Gasteiger partial charge in [-0.05, 0) is 73.9 Å². The molecular weight excluding hydrogens is 336 g/mol. The number of carbonyl (C=O) groups excluding carboxylic acids is 1. The summed E-state index contributed by atoms with van der Waals surface area (Å²) in [6, 6.07) is 12.6. The molecule has 0 fully saturated rings. The third-order valence-electron chi connectivity index (χ3n) is 3.65. The van der Waals surface area contributed by atoms with Crippen molar-refractivity contribution in [3.8, 4) is 11.8 Å². The number of rotatable bonds is 5. The minimum atomic E-state index is -0.469. The number of ether oxygens (including phenoxy) is 1. The lowest BCUT2D eigenvalue weighted by atomic mass is 10.1. The van der Waals surface area contributed by atoms with Gasteiger partial charge in [-0.15, -0.1) is 0 Å². The van der Waals surface area contributed by atoms with Crippen molar-refractivity contribution in [1.82, 2.24) is 0 Å². The molecular formula is C20H19ClN2O2. The molecule has 0 heterocycles. The Kier molecular flexibility index (Phi) is 6.21. The molecule has 1 amide bonds. The molecule has 0 aromatic heterocycles. The van der Waals surface area contributed by atoms with E-state index in [-0.39, 0.29) is 5.57 Å². The maximum atomic E-state index is 12.4. The molecule has 0 aliphatic carbocycles. The maximum absolute atomic E-state index is 12.4. The fourth-order valence-electron chi connectivity index (χ4n) is 2.25. The molecule has 2 aromatic rings. The minimum Gasteiger partial charge on any atom is -0.494 e. The van der Waals surface area contributed by atoms with E-state index < -0.39 is 5.91 Å². The van der Waals surface area contributed by atoms with E-state index in [1.807, 2.05) is 45.0 Å². The molecule has 0 spiro atoms. The summed E-state index contributed by atoms with van der Waals surface area (Å²) in [4.78, 5) is 12.4. The van der Waals surface area contributed by atoms with Gasteiger partial charge in [0.2, 0.25) is 0 Å². The topological polar surface area (TPSA) is 62.1 Å². The van der Waals surface area contributed by atoms with E-state index >= 15 is 0 Å². The van der Waals surface area contributed by atoms with Crippen LogP contribution in [0.25, 0.3) is 6.08 Å². The number of halogens is 1. The van der Waals surface area contributed by atoms with Crippen LogP contribution in [0.2, 0.25) is 5.02 Å². The lowest BCUT2D eigenvalue weighted by Crippen LogP contribution is -2.13. The Morgan fingerprint density at radius 2 is 2.00 bits per heavy atom. The number of nitrogens with zero attached hydrogens (tertiary/aromatic N) is 1. The van der Waals surface area contributed by atoms with Crippen LogP contribution in [-0.4, -0.2) is 12.5 Å². The molecule has 1 N–H and O–H groups in total. The number of benzene rings is 2. The number of anilines is 1. The quantitative estimate of drug-likeness (QED) is 0.613. The van der Waals surface area contributed by atoms with Crippen LogP contribution in [0.4, 0.5) is 5.69 Å². The molecule has 128 valence electrons. The number of hydrogen-bond donors (Lipinski definition) is 1. The molecule has 25 heavy (non-hydrogen) atoms. The number of aryl methyl sites for hydroxylation is 2. The Bertz CT molecular complexity index is 866. The highest BCUT2D eigenvalue weighted by molar-refractivity contribution is 6.30. The molecule has 5 heteroatoms. The highest BCUT2D eigenvalue weighted by atomic mass is 35.5. The van der Waals surface area contributed by atoms with Crippen LogP contribution < -0.4 is 10.1 Å². The molecule has 0 atom stereocenters. The second-order valence-corrected chi connectivity index (χ2v) is 6.01. The number of carbonyl (C=O) groups is 1. The number of hydrogen-bond acceptors (Lipinski definition) is 3. The molecule has 0 aliphatic rings. The lowest BCUT2D eigenvalue weighted by Gasteiger charge is -2.08. The predicted molar refractivity (Wildman–Crippen MR) is 101 cm³/mol. The third kappa shape index (κ3) is 5.10. The zero-order valence-electron chi connectivity index (χ0n) is 14.4. The van der Waals surface area contributed by atoms with Crippen LogP contribution in [0.5, 0.6) is 5.75 Å². The highest BCUT2D eigenvalue weighted by Crippen LogP contribution is 2.23. The van der Waals surface area contributed by atoms with Gasteiger partial charge >= 0.3 is 0 Å². The van der Waals surface area contributed by atoms with Crippen LogP contribution in [0.15, 0.2) is 42.0 Å². The first-order valence-corrected chi connectivity index (χ1v) is 8.24. The van der Waals surface area contributed by atoms with E-state index in [1.165, 1.54) is 6.08 Å². The zero-order valence-corrected chi connectivity index (χ0v) is 15.1. The molecule has 0 radical (unpaired) electrons. The fraction of sp³-hybridized carbons (Fsp3) is 0.200. The van der Waals surface area contributed by atoms with Crippen molar-refractivity contribution >= 4 is 29.3 Å². The number of nitrogens with one attached hydrogen (secondary N) is 1. The summed E-state index contributed by atoms with van der Waals surface area (Å²) in [5, 5.41) is 12.6. The van der Waals surface area contributed by atoms with Crippen LogP contribution in [0, 0.1) is 25.2 Å². The Labute approximate surface area is 152 Å². The summed E-state index contributed by atoms with van der Waals surface area (Å²) >= 11 is 6.06. The van der Waals surface area contributed by atoms with Gasteiger partial charge < -0.3 is 10.1 Å². The summed E-state index contributed by atoms with van der Waals surface area (Å²) < 4.78 is 5.43. The predicted octanol–water partition coefficient (Wildman–Crippen LogP) is 4.90. The zero-order chi connectivity index (χ0) is 18.4. The van der Waals surface area contributed by atoms with Crippen molar-refractivity contribution in [3.63, 3.8) is 0 Å². The molecule has 0 saturated carbocycles. The molecule has 0 unspecified atom stereocenters. The first-order valence-electron chi connectivity index (χ1n) is 7.86. The summed E-state index contributed by atoms with van der Waals surface area (Å²) in [5.41, 5.74) is 3.47. The summed E-state index contributed by atoms with van der Waals surface area (Å²) in [6.07, 6.45) is 1.49. The number of nitriles is 1. The molecule has 0 aliphatic heterocycles. The average Bonchev–Trinajstić information content (AvgIpc) is 2.55. The average molecular weight is 355 g/mol. The second kappa shape index (κ2) is 8.36. The van der Waals surface area contributed by atoms with E-state index in [0.717, 1.165) is 11.1 Å². The molecule has 2 aromatic carbocycles. The Hall–Kier alpha value is -2.77. The van der Waals surface area contributed by atoms with Gasteiger partial charge in [0.05, 0.1) is 6.61 Å². The summed E-state index contributed by atoms with van der Waals surface area (Å²) in [5.74, 6) is 0.122. The van der Waals surface area contributed by atoms with E-state index in [4.69, 9.17) is 16.3 Å². The van der Waals surface area contributed by atoms with E-state index in [1.54, 1.807) is 18.2 Å². The van der Waals surface area contributed by atoms with Crippen LogP contribution in [-0.2, 0) is 4.79 Å². The van der Waals surface area contributed by atoms with Crippen molar-refractivity contribution in [2.24, 2.45) is 0 Å². The minimum absolute atomic E-state index is 0.0112. The summed E-state index contributed by atoms with van der Waals surface area (Å²) in [6.45, 7) is 6.33. The van der Waals surface area contributed by atoms with E-state index in [0.29, 0.717) is 28.6 Å². The highest BCUT2D eigenvalue weighted by Gasteiger charge is 2.11. The Morgan fingerprint density at radius 1 is 1.24 bits per heavy atom. The summed E-state index contributed by atoms with van der Waals surface area (Å²) in [7, 11) is 0. The van der Waals surface area contributed by atoms with Gasteiger partial charge in [0, 0.05) is 10.7 Å². The Morgan fingerprint density at radius 3 is 2.64 bits per heavy atom. The third-order valence-corrected chi connectivity index (χ3v) is 3.86. The molecule has 2 rings (SSSR count). The van der Waals surface area contributed by atoms with Gasteiger partial charge in [-0.3, -0.25) is 4.79 Å². The fourth-order valence-corrected chi connectivity index (χ4v) is 2.48. The first kappa shape index (κ1) is 18.6. The molecule has 0 saturated heterocycles. The monoisotopic (exact) mass is 354 g/mol. The first-order chi connectivity index (χ1) is 11.9. The van der Waals surface area contributed by atoms with Gasteiger partial charge in [0.25, 0.3) is 5.91 Å². The van der Waals surface area contributed by atoms with Gasteiger partial charge in [0.1, 0.15) is 17.4 Å². The largest absolute Gasteiger partial charge is 0.494 e. The number of amides is 1. The van der Waals surface area contributed by atoms with E-state index in [2.05, 4.69) is 5.32 Å². The van der Waals surface area contributed by atoms with Gasteiger partial charge in [-0.1, -0.05) is 17.7 Å². The van der Waals surface area contributed by atoms with Crippen molar-refractivity contribution < 1.29 is 9.53 Å². The standard InChI is InChI=1S/C20H19ClN2O2/c1-4-25-19-10-15(9-17(21)11-19)8-16(12-22)20(24)23-18-6-5-13(2)14(3)7-18/h5-11H,4H2,1-3H3,(H,23,24)/b16-8+. The van der Waals surface area contributed by atoms with Gasteiger partial charge in [-0.2, -0.15) is 5.26 Å². The van der Waals surface area contributed by atoms with Crippen LogP contribution in [0.1, 0.15) is 23.6 Å². The Balaban J connectivity index is 2.26. The van der Waals surface area contributed by atoms with Gasteiger partial charge in [0.15, 0.2) is 0 Å². The second-order valence-electron chi connectivity index (χ2n) is 5.58. The van der Waals surface area contributed by atoms with Crippen LogP contribution >= 0.6 is 11.6 Å². The van der Waals surface area contributed by atoms with Crippen molar-refractivity contribution in [3.05, 3.63) is 63.7 Å². The SMILES string of the molecule is CCOc1cc(Cl)cc(/C=C(\C#N)C(=O)Nc2ccc(C)c(C)c2)c1. The molecule has 0 bridgehead atoms. The van der Waals surface area contributed by atoms with Crippen molar-refractivity contribution in [1.29, 1.82) is 5.26 Å². The molecule has 4 nitrogen and oxygen atoms in total. The lowest BCUT2D eigenvalue weighted by molar-refractivity contribution is -0.112. The van der Waals surface area contributed by atoms with Crippen molar-refractivity contribution in [2.45, 2.75) is 20.8 Å².